The second-order valence-corrected chi connectivity index (χ2v) is 8.93. The van der Waals surface area contributed by atoms with E-state index in [4.69, 9.17) is 4.98 Å². The second kappa shape index (κ2) is 6.76. The van der Waals surface area contributed by atoms with Crippen LogP contribution in [0.4, 0.5) is 5.95 Å². The summed E-state index contributed by atoms with van der Waals surface area (Å²) in [5.74, 6) is 1.53. The summed E-state index contributed by atoms with van der Waals surface area (Å²) in [7, 11) is 0. The molecule has 1 saturated carbocycles. The molecule has 2 fully saturated rings. The minimum atomic E-state index is 0.193. The predicted octanol–water partition coefficient (Wildman–Crippen LogP) is 2.87. The van der Waals surface area contributed by atoms with E-state index in [0.717, 1.165) is 60.9 Å². The van der Waals surface area contributed by atoms with E-state index < -0.39 is 0 Å². The summed E-state index contributed by atoms with van der Waals surface area (Å²) >= 11 is 0. The van der Waals surface area contributed by atoms with E-state index >= 15 is 0 Å². The van der Waals surface area contributed by atoms with Gasteiger partial charge in [-0.25, -0.2) is 15.0 Å². The van der Waals surface area contributed by atoms with Gasteiger partial charge in [-0.3, -0.25) is 9.20 Å². The van der Waals surface area contributed by atoms with E-state index in [2.05, 4.69) is 25.3 Å². The molecular weight excluding hydrogens is 392 g/mol. The van der Waals surface area contributed by atoms with Gasteiger partial charge in [-0.15, -0.1) is 0 Å². The summed E-state index contributed by atoms with van der Waals surface area (Å²) in [4.78, 5) is 34.6. The van der Waals surface area contributed by atoms with Crippen LogP contribution in [0.1, 0.15) is 32.6 Å². The Balaban J connectivity index is 1.16. The Kier molecular flexibility index (Phi) is 3.99. The van der Waals surface area contributed by atoms with Gasteiger partial charge in [-0.1, -0.05) is 0 Å². The topological polar surface area (TPSA) is 104 Å². The number of nitrogens with zero attached hydrogens (tertiary/aromatic N) is 6. The highest BCUT2D eigenvalue weighted by atomic mass is 16.2. The highest BCUT2D eigenvalue weighted by molar-refractivity contribution is 5.93. The van der Waals surface area contributed by atoms with Crippen molar-refractivity contribution in [1.82, 2.24) is 34.2 Å². The summed E-state index contributed by atoms with van der Waals surface area (Å²) in [5.41, 5.74) is 3.15. The maximum absolute atomic E-state index is 11.5. The monoisotopic (exact) mass is 416 g/mol. The van der Waals surface area contributed by atoms with Crippen molar-refractivity contribution in [2.45, 2.75) is 38.6 Å². The van der Waals surface area contributed by atoms with Gasteiger partial charge in [0.25, 0.3) is 0 Å². The van der Waals surface area contributed by atoms with Gasteiger partial charge in [-0.2, -0.15) is 4.98 Å². The first-order valence-electron chi connectivity index (χ1n) is 10.7. The molecular formula is C22H24N8O. The van der Waals surface area contributed by atoms with Crippen LogP contribution >= 0.6 is 0 Å². The average Bonchev–Trinajstić information content (AvgIpc) is 3.38. The van der Waals surface area contributed by atoms with Crippen molar-refractivity contribution in [2.24, 2.45) is 5.41 Å². The van der Waals surface area contributed by atoms with Crippen LogP contribution < -0.4 is 5.32 Å². The number of likely N-dealkylation sites (tertiary alicyclic amines) is 1. The molecule has 0 radical (unpaired) electrons. The number of rotatable bonds is 3. The normalized spacial score (nSPS) is 18.5. The molecule has 158 valence electrons. The largest absolute Gasteiger partial charge is 0.351 e. The number of nitrogens with one attached hydrogen (secondary N) is 2. The van der Waals surface area contributed by atoms with Crippen molar-refractivity contribution in [2.75, 3.05) is 18.4 Å². The number of H-pyrrole nitrogens is 1. The molecule has 1 amide bonds. The molecule has 0 atom stereocenters. The molecule has 1 spiro atoms. The molecule has 9 heteroatoms. The van der Waals surface area contributed by atoms with E-state index in [1.54, 1.807) is 13.1 Å². The fourth-order valence-electron chi connectivity index (χ4n) is 5.03. The SMILES string of the molecule is CC(=O)N1CC2(CCC(Nc3ncc4c(-c5cnc6nccn6c5)c[nH]c4n3)CC2)C1. The molecule has 4 aromatic rings. The zero-order chi connectivity index (χ0) is 21.0. The Morgan fingerprint density at radius 1 is 1.19 bits per heavy atom. The molecule has 4 aromatic heterocycles. The first-order chi connectivity index (χ1) is 15.1. The fraction of sp³-hybridized carbons (Fsp3) is 0.409. The van der Waals surface area contributed by atoms with Crippen LogP contribution in [0.2, 0.25) is 0 Å². The van der Waals surface area contributed by atoms with E-state index in [0.29, 0.717) is 23.2 Å². The molecule has 9 nitrogen and oxygen atoms in total. The highest BCUT2D eigenvalue weighted by Gasteiger charge is 2.46. The molecule has 1 saturated heterocycles. The number of aromatic nitrogens is 6. The van der Waals surface area contributed by atoms with Crippen LogP contribution in [0.25, 0.3) is 27.9 Å². The molecule has 1 aliphatic carbocycles. The van der Waals surface area contributed by atoms with Crippen molar-refractivity contribution < 1.29 is 4.79 Å². The summed E-state index contributed by atoms with van der Waals surface area (Å²) in [6.45, 7) is 3.50. The lowest BCUT2D eigenvalue weighted by atomic mass is 9.67. The van der Waals surface area contributed by atoms with Gasteiger partial charge in [0, 0.05) is 85.2 Å². The van der Waals surface area contributed by atoms with Crippen LogP contribution in [0.5, 0.6) is 0 Å². The zero-order valence-corrected chi connectivity index (χ0v) is 17.4. The third kappa shape index (κ3) is 3.11. The van der Waals surface area contributed by atoms with Gasteiger partial charge in [0.1, 0.15) is 5.65 Å². The van der Waals surface area contributed by atoms with Crippen molar-refractivity contribution in [3.05, 3.63) is 37.2 Å². The van der Waals surface area contributed by atoms with Crippen molar-refractivity contribution in [3.63, 3.8) is 0 Å². The summed E-state index contributed by atoms with van der Waals surface area (Å²) < 4.78 is 1.90. The first kappa shape index (κ1) is 18.3. The quantitative estimate of drug-likeness (QED) is 0.532. The standard InChI is InChI=1S/C22H24N8O/c1-14(31)30-12-22(13-30)4-2-16(3-5-22)27-20-25-10-18-17(9-24-19(18)28-20)15-8-26-21-23-6-7-29(21)11-15/h6-11,16H,2-5,12-13H2,1H3,(H2,24,25,27,28). The molecule has 6 rings (SSSR count). The highest BCUT2D eigenvalue weighted by Crippen LogP contribution is 2.44. The van der Waals surface area contributed by atoms with Crippen molar-refractivity contribution in [3.8, 4) is 11.1 Å². The van der Waals surface area contributed by atoms with Crippen molar-refractivity contribution in [1.29, 1.82) is 0 Å². The Labute approximate surface area is 178 Å². The lowest BCUT2D eigenvalue weighted by molar-refractivity contribution is -0.143. The van der Waals surface area contributed by atoms with Gasteiger partial charge in [-0.05, 0) is 25.7 Å². The van der Waals surface area contributed by atoms with Crippen molar-refractivity contribution >= 4 is 28.7 Å². The van der Waals surface area contributed by atoms with Crippen LogP contribution in [-0.4, -0.2) is 59.3 Å². The molecule has 0 bridgehead atoms. The van der Waals surface area contributed by atoms with E-state index in [1.807, 2.05) is 40.3 Å². The molecule has 5 heterocycles. The number of imidazole rings is 1. The molecule has 31 heavy (non-hydrogen) atoms. The minimum Gasteiger partial charge on any atom is -0.351 e. The van der Waals surface area contributed by atoms with Crippen LogP contribution in [0.3, 0.4) is 0 Å². The maximum atomic E-state index is 11.5. The minimum absolute atomic E-state index is 0.193. The summed E-state index contributed by atoms with van der Waals surface area (Å²) in [6.07, 6.45) is 15.7. The molecule has 1 aliphatic heterocycles. The first-order valence-corrected chi connectivity index (χ1v) is 10.7. The molecule has 0 aromatic carbocycles. The Morgan fingerprint density at radius 3 is 2.84 bits per heavy atom. The third-order valence-corrected chi connectivity index (χ3v) is 6.87. The number of hydrogen-bond acceptors (Lipinski definition) is 6. The van der Waals surface area contributed by atoms with E-state index in [1.165, 1.54) is 0 Å². The van der Waals surface area contributed by atoms with Crippen LogP contribution in [0, 0.1) is 5.41 Å². The van der Waals surface area contributed by atoms with Gasteiger partial charge >= 0.3 is 0 Å². The summed E-state index contributed by atoms with van der Waals surface area (Å²) in [6, 6.07) is 0.372. The number of anilines is 1. The smallest absolute Gasteiger partial charge is 0.233 e. The number of aromatic amines is 1. The molecule has 2 N–H and O–H groups in total. The third-order valence-electron chi connectivity index (χ3n) is 6.87. The predicted molar refractivity (Wildman–Crippen MR) is 116 cm³/mol. The number of fused-ring (bicyclic) bond motifs is 2. The number of carbonyl (C=O) groups is 1. The average molecular weight is 416 g/mol. The van der Waals surface area contributed by atoms with Gasteiger partial charge in [0.15, 0.2) is 0 Å². The van der Waals surface area contributed by atoms with E-state index in [-0.39, 0.29) is 5.91 Å². The fourth-order valence-corrected chi connectivity index (χ4v) is 5.03. The van der Waals surface area contributed by atoms with E-state index in [9.17, 15) is 4.79 Å². The second-order valence-electron chi connectivity index (χ2n) is 8.93. The van der Waals surface area contributed by atoms with Crippen LogP contribution in [-0.2, 0) is 4.79 Å². The lowest BCUT2D eigenvalue weighted by Gasteiger charge is -2.53. The summed E-state index contributed by atoms with van der Waals surface area (Å²) in [5, 5.41) is 4.48. The van der Waals surface area contributed by atoms with Gasteiger partial charge in [0.05, 0.1) is 0 Å². The zero-order valence-electron chi connectivity index (χ0n) is 17.4. The Morgan fingerprint density at radius 2 is 2.03 bits per heavy atom. The lowest BCUT2D eigenvalue weighted by Crippen LogP contribution is -2.59. The Hall–Kier alpha value is -3.49. The Bertz CT molecular complexity index is 1280. The molecule has 0 unspecified atom stereocenters. The number of amides is 1. The van der Waals surface area contributed by atoms with Gasteiger partial charge < -0.3 is 15.2 Å². The van der Waals surface area contributed by atoms with Gasteiger partial charge in [0.2, 0.25) is 17.6 Å². The number of carbonyl (C=O) groups excluding carboxylic acids is 1. The maximum Gasteiger partial charge on any atom is 0.233 e. The van der Waals surface area contributed by atoms with Crippen LogP contribution in [0.15, 0.2) is 37.2 Å². The molecule has 2 aliphatic rings. The number of hydrogen-bond donors (Lipinski definition) is 2.